The summed E-state index contributed by atoms with van der Waals surface area (Å²) < 4.78 is 0. The highest BCUT2D eigenvalue weighted by Crippen LogP contribution is 2.17. The molecule has 0 amide bonds. The predicted molar refractivity (Wildman–Crippen MR) is 67.3 cm³/mol. The summed E-state index contributed by atoms with van der Waals surface area (Å²) in [5.41, 5.74) is 2.54. The molecule has 0 aromatic heterocycles. The Bertz CT molecular complexity index is 294. The van der Waals surface area contributed by atoms with Gasteiger partial charge in [-0.2, -0.15) is 0 Å². The van der Waals surface area contributed by atoms with E-state index in [1.165, 1.54) is 11.3 Å². The largest absolute Gasteiger partial charge is 0.383 e. The van der Waals surface area contributed by atoms with Crippen LogP contribution in [0.15, 0.2) is 24.3 Å². The molecule has 0 bridgehead atoms. The summed E-state index contributed by atoms with van der Waals surface area (Å²) in [5.74, 6) is 0. The van der Waals surface area contributed by atoms with Crippen molar-refractivity contribution in [1.82, 2.24) is 5.32 Å². The van der Waals surface area contributed by atoms with E-state index < -0.39 is 0 Å². The van der Waals surface area contributed by atoms with Gasteiger partial charge < -0.3 is 10.6 Å². The van der Waals surface area contributed by atoms with Gasteiger partial charge in [0, 0.05) is 17.8 Å². The van der Waals surface area contributed by atoms with Crippen LogP contribution in [0.4, 0.5) is 5.69 Å². The Labute approximate surface area is 93.1 Å². The Hall–Kier alpha value is -1.02. The summed E-state index contributed by atoms with van der Waals surface area (Å²) in [6, 6.07) is 9.50. The Kier molecular flexibility index (Phi) is 4.63. The summed E-state index contributed by atoms with van der Waals surface area (Å²) >= 11 is 0. The van der Waals surface area contributed by atoms with Crippen LogP contribution in [-0.2, 0) is 0 Å². The van der Waals surface area contributed by atoms with Crippen LogP contribution in [0, 0.1) is 0 Å². The second kappa shape index (κ2) is 5.76. The molecule has 2 N–H and O–H groups in total. The van der Waals surface area contributed by atoms with Crippen molar-refractivity contribution in [2.75, 3.05) is 11.9 Å². The molecule has 2 heteroatoms. The average molecular weight is 206 g/mol. The van der Waals surface area contributed by atoms with Gasteiger partial charge in [0.2, 0.25) is 0 Å². The van der Waals surface area contributed by atoms with Crippen LogP contribution in [0.1, 0.15) is 39.3 Å². The first-order valence-corrected chi connectivity index (χ1v) is 5.73. The predicted octanol–water partition coefficient (Wildman–Crippen LogP) is 3.18. The lowest BCUT2D eigenvalue weighted by Crippen LogP contribution is -2.18. The van der Waals surface area contributed by atoms with Gasteiger partial charge in [0.1, 0.15) is 0 Å². The maximum Gasteiger partial charge on any atom is 0.0345 e. The summed E-state index contributed by atoms with van der Waals surface area (Å²) in [5, 5.41) is 6.83. The van der Waals surface area contributed by atoms with Gasteiger partial charge in [-0.25, -0.2) is 0 Å². The highest BCUT2D eigenvalue weighted by atomic mass is 14.9. The molecular weight excluding hydrogens is 184 g/mol. The number of benzene rings is 1. The van der Waals surface area contributed by atoms with Crippen molar-refractivity contribution >= 4 is 5.69 Å². The third-order valence-electron chi connectivity index (χ3n) is 2.35. The second-order valence-corrected chi connectivity index (χ2v) is 4.20. The van der Waals surface area contributed by atoms with E-state index in [4.69, 9.17) is 0 Å². The van der Waals surface area contributed by atoms with Crippen molar-refractivity contribution in [2.24, 2.45) is 0 Å². The first kappa shape index (κ1) is 12.1. The van der Waals surface area contributed by atoms with Crippen LogP contribution in [0.3, 0.4) is 0 Å². The molecule has 0 saturated carbocycles. The molecule has 0 radical (unpaired) electrons. The van der Waals surface area contributed by atoms with E-state index in [0.29, 0.717) is 12.1 Å². The van der Waals surface area contributed by atoms with Crippen molar-refractivity contribution in [1.29, 1.82) is 0 Å². The van der Waals surface area contributed by atoms with Crippen molar-refractivity contribution < 1.29 is 0 Å². The lowest BCUT2D eigenvalue weighted by Gasteiger charge is -2.15. The molecule has 0 fully saturated rings. The summed E-state index contributed by atoms with van der Waals surface area (Å²) in [6.45, 7) is 9.63. The number of hydrogen-bond donors (Lipinski definition) is 2. The van der Waals surface area contributed by atoms with Gasteiger partial charge in [-0.05, 0) is 45.0 Å². The second-order valence-electron chi connectivity index (χ2n) is 4.20. The SMILES string of the molecule is CCNC(C)c1cccc(NC(C)C)c1. The molecule has 0 saturated heterocycles. The van der Waals surface area contributed by atoms with Crippen LogP contribution < -0.4 is 10.6 Å². The van der Waals surface area contributed by atoms with Crippen LogP contribution in [0.25, 0.3) is 0 Å². The van der Waals surface area contributed by atoms with Gasteiger partial charge in [0.25, 0.3) is 0 Å². The van der Waals surface area contributed by atoms with Crippen molar-refractivity contribution in [3.8, 4) is 0 Å². The molecule has 1 aromatic rings. The Morgan fingerprint density at radius 2 is 1.93 bits per heavy atom. The standard InChI is InChI=1S/C13H22N2/c1-5-14-11(4)12-7-6-8-13(9-12)15-10(2)3/h6-11,14-15H,5H2,1-4H3. The lowest BCUT2D eigenvalue weighted by atomic mass is 10.1. The monoisotopic (exact) mass is 206 g/mol. The third kappa shape index (κ3) is 3.92. The fourth-order valence-corrected chi connectivity index (χ4v) is 1.66. The smallest absolute Gasteiger partial charge is 0.0345 e. The number of hydrogen-bond acceptors (Lipinski definition) is 2. The quantitative estimate of drug-likeness (QED) is 0.773. The van der Waals surface area contributed by atoms with E-state index >= 15 is 0 Å². The Morgan fingerprint density at radius 3 is 2.53 bits per heavy atom. The van der Waals surface area contributed by atoms with Gasteiger partial charge in [0.05, 0.1) is 0 Å². The molecule has 0 heterocycles. The molecule has 84 valence electrons. The van der Waals surface area contributed by atoms with E-state index in [-0.39, 0.29) is 0 Å². The summed E-state index contributed by atoms with van der Waals surface area (Å²) in [7, 11) is 0. The van der Waals surface area contributed by atoms with Crippen molar-refractivity contribution in [3.63, 3.8) is 0 Å². The Balaban J connectivity index is 2.73. The van der Waals surface area contributed by atoms with E-state index in [9.17, 15) is 0 Å². The maximum absolute atomic E-state index is 3.41. The van der Waals surface area contributed by atoms with Crippen LogP contribution in [0.2, 0.25) is 0 Å². The molecule has 2 nitrogen and oxygen atoms in total. The molecule has 0 aliphatic rings. The first-order valence-electron chi connectivity index (χ1n) is 5.73. The first-order chi connectivity index (χ1) is 7.13. The molecule has 0 aliphatic carbocycles. The van der Waals surface area contributed by atoms with Crippen molar-refractivity contribution in [3.05, 3.63) is 29.8 Å². The van der Waals surface area contributed by atoms with Gasteiger partial charge >= 0.3 is 0 Å². The molecule has 0 spiro atoms. The van der Waals surface area contributed by atoms with Gasteiger partial charge in [-0.1, -0.05) is 19.1 Å². The van der Waals surface area contributed by atoms with Crippen LogP contribution in [-0.4, -0.2) is 12.6 Å². The zero-order chi connectivity index (χ0) is 11.3. The third-order valence-corrected chi connectivity index (χ3v) is 2.35. The van der Waals surface area contributed by atoms with Crippen LogP contribution >= 0.6 is 0 Å². The molecule has 0 aliphatic heterocycles. The number of nitrogens with one attached hydrogen (secondary N) is 2. The minimum absolute atomic E-state index is 0.420. The van der Waals surface area contributed by atoms with E-state index in [1.54, 1.807) is 0 Å². The number of anilines is 1. The highest BCUT2D eigenvalue weighted by Gasteiger charge is 2.04. The lowest BCUT2D eigenvalue weighted by molar-refractivity contribution is 0.598. The maximum atomic E-state index is 3.41. The van der Waals surface area contributed by atoms with E-state index in [1.807, 2.05) is 0 Å². The molecule has 1 aromatic carbocycles. The van der Waals surface area contributed by atoms with E-state index in [0.717, 1.165) is 6.54 Å². The van der Waals surface area contributed by atoms with Gasteiger partial charge in [-0.15, -0.1) is 0 Å². The molecule has 15 heavy (non-hydrogen) atoms. The zero-order valence-corrected chi connectivity index (χ0v) is 10.2. The molecule has 1 rings (SSSR count). The molecular formula is C13H22N2. The fourth-order valence-electron chi connectivity index (χ4n) is 1.66. The van der Waals surface area contributed by atoms with Gasteiger partial charge in [0.15, 0.2) is 0 Å². The summed E-state index contributed by atoms with van der Waals surface area (Å²) in [6.07, 6.45) is 0. The molecule has 1 atom stereocenters. The summed E-state index contributed by atoms with van der Waals surface area (Å²) in [4.78, 5) is 0. The topological polar surface area (TPSA) is 24.1 Å². The van der Waals surface area contributed by atoms with Crippen LogP contribution in [0.5, 0.6) is 0 Å². The van der Waals surface area contributed by atoms with E-state index in [2.05, 4.69) is 62.6 Å². The van der Waals surface area contributed by atoms with Gasteiger partial charge in [-0.3, -0.25) is 0 Å². The zero-order valence-electron chi connectivity index (χ0n) is 10.2. The Morgan fingerprint density at radius 1 is 1.20 bits per heavy atom. The normalized spacial score (nSPS) is 12.9. The van der Waals surface area contributed by atoms with Crippen molar-refractivity contribution in [2.45, 2.75) is 39.8 Å². The number of rotatable bonds is 5. The average Bonchev–Trinajstić information content (AvgIpc) is 2.17. The minimum atomic E-state index is 0.420. The highest BCUT2D eigenvalue weighted by molar-refractivity contribution is 5.46. The fraction of sp³-hybridized carbons (Fsp3) is 0.538. The molecule has 1 unspecified atom stereocenters. The minimum Gasteiger partial charge on any atom is -0.383 e.